The van der Waals surface area contributed by atoms with Crippen LogP contribution in [0.25, 0.3) is 0 Å². The Kier molecular flexibility index (Phi) is 4.55. The van der Waals surface area contributed by atoms with E-state index in [9.17, 15) is 4.79 Å². The molecule has 2 rings (SSSR count). The Hall–Kier alpha value is -2.00. The van der Waals surface area contributed by atoms with Gasteiger partial charge in [-0.2, -0.15) is 0 Å². The molecule has 3 nitrogen and oxygen atoms in total. The lowest BCUT2D eigenvalue weighted by Crippen LogP contribution is -2.10. The number of benzene rings is 2. The highest BCUT2D eigenvalue weighted by molar-refractivity contribution is 5.93. The third-order valence-electron chi connectivity index (χ3n) is 2.10. The van der Waals surface area contributed by atoms with Crippen LogP contribution < -0.4 is 10.5 Å². The van der Waals surface area contributed by atoms with Gasteiger partial charge in [0, 0.05) is 5.56 Å². The van der Waals surface area contributed by atoms with Gasteiger partial charge >= 0.3 is 0 Å². The molecule has 2 aromatic carbocycles. The molecule has 2 aromatic rings. The number of amides is 1. The summed E-state index contributed by atoms with van der Waals surface area (Å²) >= 11 is 0. The first-order chi connectivity index (χ1) is 7.75. The molecule has 0 bridgehead atoms. The number of carbonyl (C=O) groups is 1. The van der Waals surface area contributed by atoms with Crippen LogP contribution >= 0.6 is 12.4 Å². The maximum Gasteiger partial charge on any atom is 0.248 e. The lowest BCUT2D eigenvalue weighted by Gasteiger charge is -2.05. The first-order valence-electron chi connectivity index (χ1n) is 4.88. The smallest absolute Gasteiger partial charge is 0.248 e. The number of halogens is 1. The first-order valence-corrected chi connectivity index (χ1v) is 4.88. The topological polar surface area (TPSA) is 52.3 Å². The molecule has 0 fully saturated rings. The highest BCUT2D eigenvalue weighted by atomic mass is 35.5. The zero-order chi connectivity index (χ0) is 11.4. The van der Waals surface area contributed by atoms with Gasteiger partial charge in [-0.1, -0.05) is 24.3 Å². The normalized spacial score (nSPS) is 9.18. The summed E-state index contributed by atoms with van der Waals surface area (Å²) in [5.41, 5.74) is 5.62. The molecular formula is C13H12ClNO2. The van der Waals surface area contributed by atoms with Crippen LogP contribution in [0.4, 0.5) is 0 Å². The summed E-state index contributed by atoms with van der Waals surface area (Å²) in [7, 11) is 0. The summed E-state index contributed by atoms with van der Waals surface area (Å²) in [5.74, 6) is 0.866. The molecule has 4 heteroatoms. The molecule has 0 radical (unpaired) electrons. The van der Waals surface area contributed by atoms with Gasteiger partial charge in [-0.3, -0.25) is 4.79 Å². The van der Waals surface area contributed by atoms with Gasteiger partial charge in [0.1, 0.15) is 11.5 Å². The maximum atomic E-state index is 11.0. The van der Waals surface area contributed by atoms with E-state index in [0.29, 0.717) is 11.3 Å². The van der Waals surface area contributed by atoms with E-state index in [4.69, 9.17) is 10.5 Å². The predicted molar refractivity (Wildman–Crippen MR) is 68.7 cm³/mol. The number of para-hydroxylation sites is 1. The largest absolute Gasteiger partial charge is 0.457 e. The van der Waals surface area contributed by atoms with E-state index in [1.165, 1.54) is 0 Å². The third kappa shape index (κ3) is 3.50. The van der Waals surface area contributed by atoms with E-state index < -0.39 is 5.91 Å². The molecule has 0 saturated heterocycles. The second-order valence-electron chi connectivity index (χ2n) is 3.31. The molecule has 0 spiro atoms. The Bertz CT molecular complexity index is 500. The van der Waals surface area contributed by atoms with Gasteiger partial charge in [0.15, 0.2) is 0 Å². The molecule has 17 heavy (non-hydrogen) atoms. The van der Waals surface area contributed by atoms with Crippen molar-refractivity contribution in [1.82, 2.24) is 0 Å². The van der Waals surface area contributed by atoms with Crippen molar-refractivity contribution in [3.8, 4) is 11.5 Å². The highest BCUT2D eigenvalue weighted by Gasteiger charge is 2.02. The van der Waals surface area contributed by atoms with Crippen molar-refractivity contribution in [3.05, 3.63) is 60.2 Å². The monoisotopic (exact) mass is 249 g/mol. The van der Waals surface area contributed by atoms with E-state index in [2.05, 4.69) is 0 Å². The molecule has 0 aliphatic rings. The van der Waals surface area contributed by atoms with Crippen molar-refractivity contribution in [2.75, 3.05) is 0 Å². The summed E-state index contributed by atoms with van der Waals surface area (Å²) < 4.78 is 5.56. The minimum Gasteiger partial charge on any atom is -0.457 e. The molecule has 0 saturated carbocycles. The quantitative estimate of drug-likeness (QED) is 0.909. The van der Waals surface area contributed by atoms with E-state index in [-0.39, 0.29) is 12.4 Å². The minimum atomic E-state index is -0.460. The molecule has 1 amide bonds. The van der Waals surface area contributed by atoms with Crippen molar-refractivity contribution in [2.45, 2.75) is 0 Å². The lowest BCUT2D eigenvalue weighted by molar-refractivity contribution is 0.1000. The maximum absolute atomic E-state index is 11.0. The van der Waals surface area contributed by atoms with Crippen LogP contribution in [0.2, 0.25) is 0 Å². The van der Waals surface area contributed by atoms with E-state index in [0.717, 1.165) is 5.75 Å². The molecule has 0 aliphatic heterocycles. The zero-order valence-electron chi connectivity index (χ0n) is 9.00. The van der Waals surface area contributed by atoms with Crippen LogP contribution in [0.5, 0.6) is 11.5 Å². The van der Waals surface area contributed by atoms with Gasteiger partial charge in [0.05, 0.1) is 0 Å². The highest BCUT2D eigenvalue weighted by Crippen LogP contribution is 2.21. The Morgan fingerprint density at radius 1 is 0.941 bits per heavy atom. The Morgan fingerprint density at radius 2 is 1.59 bits per heavy atom. The summed E-state index contributed by atoms with van der Waals surface area (Å²) in [6.07, 6.45) is 0. The zero-order valence-corrected chi connectivity index (χ0v) is 9.81. The standard InChI is InChI=1S/C13H11NO2.ClH/c14-13(15)10-5-4-8-12(9-10)16-11-6-2-1-3-7-11;/h1-9H,(H2,14,15);1H. The summed E-state index contributed by atoms with van der Waals surface area (Å²) in [5, 5.41) is 0. The molecule has 0 unspecified atom stereocenters. The fraction of sp³-hybridized carbons (Fsp3) is 0. The molecule has 0 aromatic heterocycles. The first kappa shape index (κ1) is 13.1. The fourth-order valence-electron chi connectivity index (χ4n) is 1.34. The van der Waals surface area contributed by atoms with Crippen LogP contribution in [0.15, 0.2) is 54.6 Å². The fourth-order valence-corrected chi connectivity index (χ4v) is 1.34. The van der Waals surface area contributed by atoms with Crippen molar-refractivity contribution < 1.29 is 9.53 Å². The van der Waals surface area contributed by atoms with Crippen molar-refractivity contribution in [2.24, 2.45) is 5.73 Å². The van der Waals surface area contributed by atoms with Crippen LogP contribution in [-0.4, -0.2) is 5.91 Å². The molecule has 2 N–H and O–H groups in total. The molecule has 0 heterocycles. The molecule has 0 atom stereocenters. The van der Waals surface area contributed by atoms with Crippen molar-refractivity contribution in [1.29, 1.82) is 0 Å². The summed E-state index contributed by atoms with van der Waals surface area (Å²) in [6.45, 7) is 0. The van der Waals surface area contributed by atoms with Crippen LogP contribution in [0.1, 0.15) is 10.4 Å². The molecule has 88 valence electrons. The second kappa shape index (κ2) is 5.92. The van der Waals surface area contributed by atoms with Gasteiger partial charge in [-0.25, -0.2) is 0 Å². The van der Waals surface area contributed by atoms with Gasteiger partial charge in [0.25, 0.3) is 0 Å². The van der Waals surface area contributed by atoms with Crippen LogP contribution in [0, 0.1) is 0 Å². The van der Waals surface area contributed by atoms with Crippen molar-refractivity contribution >= 4 is 18.3 Å². The van der Waals surface area contributed by atoms with Gasteiger partial charge < -0.3 is 10.5 Å². The average Bonchev–Trinajstić information content (AvgIpc) is 2.30. The third-order valence-corrected chi connectivity index (χ3v) is 2.10. The van der Waals surface area contributed by atoms with Gasteiger partial charge in [-0.15, -0.1) is 12.4 Å². The number of rotatable bonds is 3. The lowest BCUT2D eigenvalue weighted by atomic mass is 10.2. The average molecular weight is 250 g/mol. The number of hydrogen-bond donors (Lipinski definition) is 1. The second-order valence-corrected chi connectivity index (χ2v) is 3.31. The van der Waals surface area contributed by atoms with E-state index in [1.54, 1.807) is 24.3 Å². The molecular weight excluding hydrogens is 238 g/mol. The van der Waals surface area contributed by atoms with Gasteiger partial charge in [-0.05, 0) is 30.3 Å². The Morgan fingerprint density at radius 3 is 2.24 bits per heavy atom. The predicted octanol–water partition coefficient (Wildman–Crippen LogP) is 3.00. The number of ether oxygens (including phenoxy) is 1. The van der Waals surface area contributed by atoms with Crippen LogP contribution in [0.3, 0.4) is 0 Å². The molecule has 0 aliphatic carbocycles. The van der Waals surface area contributed by atoms with E-state index >= 15 is 0 Å². The summed E-state index contributed by atoms with van der Waals surface area (Å²) in [6, 6.07) is 16.1. The van der Waals surface area contributed by atoms with Crippen LogP contribution in [-0.2, 0) is 0 Å². The Labute approximate surface area is 106 Å². The number of carbonyl (C=O) groups excluding carboxylic acids is 1. The van der Waals surface area contributed by atoms with Gasteiger partial charge in [0.2, 0.25) is 5.91 Å². The number of hydrogen-bond acceptors (Lipinski definition) is 2. The number of nitrogens with two attached hydrogens (primary N) is 1. The SMILES string of the molecule is Cl.NC(=O)c1cccc(Oc2ccccc2)c1. The Balaban J connectivity index is 0.00000144. The summed E-state index contributed by atoms with van der Waals surface area (Å²) in [4.78, 5) is 11.0. The number of primary amides is 1. The van der Waals surface area contributed by atoms with Crippen molar-refractivity contribution in [3.63, 3.8) is 0 Å². The minimum absolute atomic E-state index is 0. The van der Waals surface area contributed by atoms with E-state index in [1.807, 2.05) is 30.3 Å².